The highest BCUT2D eigenvalue weighted by atomic mass is 19.1. The molecule has 6 atom stereocenters. The molecule has 0 radical (unpaired) electrons. The molecule has 206 valence electrons. The summed E-state index contributed by atoms with van der Waals surface area (Å²) in [5.41, 5.74) is 1.69. The predicted molar refractivity (Wildman–Crippen MR) is 141 cm³/mol. The molecular weight excluding hydrogens is 489 g/mol. The number of likely N-dealkylation sites (N-methyl/N-ethyl adjacent to an activating group) is 1. The van der Waals surface area contributed by atoms with Gasteiger partial charge < -0.3 is 30.6 Å². The zero-order valence-electron chi connectivity index (χ0n) is 22.3. The number of benzene rings is 1. The number of ether oxygens (including phenoxy) is 1. The lowest BCUT2D eigenvalue weighted by Gasteiger charge is -2.36. The number of esters is 1. The monoisotopic (exact) mass is 527 g/mol. The summed E-state index contributed by atoms with van der Waals surface area (Å²) in [6.45, 7) is 3.99. The molecule has 2 amide bonds. The van der Waals surface area contributed by atoms with E-state index in [2.05, 4.69) is 20.9 Å². The summed E-state index contributed by atoms with van der Waals surface area (Å²) in [5, 5.41) is 10.4. The Labute approximate surface area is 222 Å². The smallest absolute Gasteiger partial charge is 0.303 e. The fourth-order valence-corrected chi connectivity index (χ4v) is 6.67. The maximum Gasteiger partial charge on any atom is 0.303 e. The Morgan fingerprint density at radius 2 is 1.95 bits per heavy atom. The molecular formula is C28H38FN5O4. The third-order valence-corrected chi connectivity index (χ3v) is 8.68. The molecule has 0 bridgehead atoms. The van der Waals surface area contributed by atoms with Gasteiger partial charge in [0, 0.05) is 36.5 Å². The van der Waals surface area contributed by atoms with Crippen LogP contribution in [0.4, 0.5) is 4.39 Å². The second-order valence-corrected chi connectivity index (χ2v) is 11.0. The molecule has 1 aromatic carbocycles. The number of nitrogens with zero attached hydrogens (tertiary/aromatic N) is 1. The number of halogens is 1. The van der Waals surface area contributed by atoms with Crippen LogP contribution in [-0.2, 0) is 19.1 Å². The van der Waals surface area contributed by atoms with E-state index in [1.54, 1.807) is 20.0 Å². The number of rotatable bonds is 7. The Balaban J connectivity index is 1.49. The van der Waals surface area contributed by atoms with E-state index >= 15 is 0 Å². The van der Waals surface area contributed by atoms with Gasteiger partial charge in [-0.15, -0.1) is 0 Å². The molecule has 5 rings (SSSR count). The SMILES string of the molecule is CNC(C)C(=O)NC(C(=O)N1CC(OC(C)=O)C2NC[C@@H](c3c[nH]c4cc(F)ccc34)C21)C1CCCCC1. The number of carbonyl (C=O) groups is 3. The number of H-pyrrole nitrogens is 1. The third-order valence-electron chi connectivity index (χ3n) is 8.68. The zero-order chi connectivity index (χ0) is 27.0. The summed E-state index contributed by atoms with van der Waals surface area (Å²) in [4.78, 5) is 44.3. The Morgan fingerprint density at radius 1 is 1.18 bits per heavy atom. The summed E-state index contributed by atoms with van der Waals surface area (Å²) < 4.78 is 19.5. The minimum Gasteiger partial charge on any atom is -0.459 e. The van der Waals surface area contributed by atoms with Gasteiger partial charge in [0.1, 0.15) is 18.0 Å². The minimum atomic E-state index is -0.645. The molecule has 10 heteroatoms. The number of amides is 2. The highest BCUT2D eigenvalue weighted by molar-refractivity contribution is 5.91. The van der Waals surface area contributed by atoms with Gasteiger partial charge in [0.05, 0.1) is 24.7 Å². The maximum atomic E-state index is 14.4. The quantitative estimate of drug-likeness (QED) is 0.411. The van der Waals surface area contributed by atoms with Crippen molar-refractivity contribution < 1.29 is 23.5 Å². The van der Waals surface area contributed by atoms with Crippen molar-refractivity contribution in [2.75, 3.05) is 20.1 Å². The van der Waals surface area contributed by atoms with E-state index in [0.717, 1.165) is 43.1 Å². The first-order valence-electron chi connectivity index (χ1n) is 13.7. The topological polar surface area (TPSA) is 116 Å². The second-order valence-electron chi connectivity index (χ2n) is 11.0. The third kappa shape index (κ3) is 5.03. The van der Waals surface area contributed by atoms with Crippen molar-refractivity contribution in [1.29, 1.82) is 0 Å². The number of likely N-dealkylation sites (tertiary alicyclic amines) is 1. The minimum absolute atomic E-state index is 0.0550. The Morgan fingerprint density at radius 3 is 2.66 bits per heavy atom. The number of fused-ring (bicyclic) bond motifs is 2. The molecule has 4 N–H and O–H groups in total. The van der Waals surface area contributed by atoms with Crippen LogP contribution in [0.15, 0.2) is 24.4 Å². The first-order valence-corrected chi connectivity index (χ1v) is 13.7. The molecule has 1 aromatic heterocycles. The molecule has 38 heavy (non-hydrogen) atoms. The lowest BCUT2D eigenvalue weighted by atomic mass is 9.82. The second kappa shape index (κ2) is 11.0. The molecule has 2 saturated heterocycles. The van der Waals surface area contributed by atoms with Crippen LogP contribution in [0.2, 0.25) is 0 Å². The highest BCUT2D eigenvalue weighted by Crippen LogP contribution is 2.41. The van der Waals surface area contributed by atoms with Gasteiger partial charge in [0.25, 0.3) is 0 Å². The van der Waals surface area contributed by atoms with E-state index in [0.29, 0.717) is 12.1 Å². The van der Waals surface area contributed by atoms with Crippen molar-refractivity contribution in [2.45, 2.75) is 82.1 Å². The molecule has 3 aliphatic rings. The Kier molecular flexibility index (Phi) is 7.72. The van der Waals surface area contributed by atoms with Crippen LogP contribution in [0.3, 0.4) is 0 Å². The summed E-state index contributed by atoms with van der Waals surface area (Å²) in [5.74, 6) is -1.08. The lowest BCUT2D eigenvalue weighted by molar-refractivity contribution is -0.147. The highest BCUT2D eigenvalue weighted by Gasteiger charge is 2.54. The molecule has 1 aliphatic carbocycles. The van der Waals surface area contributed by atoms with Crippen LogP contribution in [0.1, 0.15) is 57.4 Å². The van der Waals surface area contributed by atoms with Gasteiger partial charge in [-0.1, -0.05) is 19.3 Å². The molecule has 1 saturated carbocycles. The average molecular weight is 528 g/mol. The summed E-state index contributed by atoms with van der Waals surface area (Å²) in [6.07, 6.45) is 6.36. The summed E-state index contributed by atoms with van der Waals surface area (Å²) in [6, 6.07) is 3.08. The average Bonchev–Trinajstić information content (AvgIpc) is 3.61. The number of hydrogen-bond donors (Lipinski definition) is 4. The number of carbonyl (C=O) groups excluding carboxylic acids is 3. The summed E-state index contributed by atoms with van der Waals surface area (Å²) >= 11 is 0. The van der Waals surface area contributed by atoms with E-state index in [-0.39, 0.29) is 48.1 Å². The molecule has 2 aliphatic heterocycles. The number of nitrogens with one attached hydrogen (secondary N) is 4. The number of aromatic amines is 1. The summed E-state index contributed by atoms with van der Waals surface area (Å²) in [7, 11) is 1.72. The van der Waals surface area contributed by atoms with Crippen molar-refractivity contribution >= 4 is 28.7 Å². The maximum absolute atomic E-state index is 14.4. The van der Waals surface area contributed by atoms with E-state index in [9.17, 15) is 18.8 Å². The van der Waals surface area contributed by atoms with Gasteiger partial charge in [-0.25, -0.2) is 4.39 Å². The predicted octanol–water partition coefficient (Wildman–Crippen LogP) is 2.18. The number of aromatic nitrogens is 1. The van der Waals surface area contributed by atoms with Crippen LogP contribution < -0.4 is 16.0 Å². The van der Waals surface area contributed by atoms with E-state index < -0.39 is 24.2 Å². The van der Waals surface area contributed by atoms with Crippen LogP contribution in [0.25, 0.3) is 10.9 Å². The van der Waals surface area contributed by atoms with Gasteiger partial charge in [-0.05, 0) is 56.5 Å². The van der Waals surface area contributed by atoms with Crippen molar-refractivity contribution in [1.82, 2.24) is 25.8 Å². The number of hydrogen-bond acceptors (Lipinski definition) is 6. The Hall–Kier alpha value is -2.98. The standard InChI is InChI=1S/C28H38FN5O4/c1-15(30-3)27(36)33-24(17-7-5-4-6-8-17)28(37)34-14-23(38-16(2)35)25-26(34)21(13-32-25)20-12-31-22-11-18(29)9-10-19(20)22/h9-12,15,17,21,23-26,30-32H,4-8,13-14H2,1-3H3,(H,33,36)/t15?,21-,23?,24?,25?,26?/m0/s1. The molecule has 9 nitrogen and oxygen atoms in total. The van der Waals surface area contributed by atoms with Crippen molar-refractivity contribution in [2.24, 2.45) is 5.92 Å². The van der Waals surface area contributed by atoms with E-state index in [4.69, 9.17) is 4.74 Å². The van der Waals surface area contributed by atoms with Crippen molar-refractivity contribution in [3.63, 3.8) is 0 Å². The van der Waals surface area contributed by atoms with Gasteiger partial charge in [0.15, 0.2) is 0 Å². The van der Waals surface area contributed by atoms with Gasteiger partial charge in [-0.3, -0.25) is 14.4 Å². The Bertz CT molecular complexity index is 1200. The van der Waals surface area contributed by atoms with Crippen LogP contribution in [0.5, 0.6) is 0 Å². The fourth-order valence-electron chi connectivity index (χ4n) is 6.67. The molecule has 0 spiro atoms. The lowest BCUT2D eigenvalue weighted by Crippen LogP contribution is -2.57. The zero-order valence-corrected chi connectivity index (χ0v) is 22.3. The van der Waals surface area contributed by atoms with Crippen LogP contribution >= 0.6 is 0 Å². The molecule has 3 heterocycles. The van der Waals surface area contributed by atoms with Crippen LogP contribution in [0, 0.1) is 11.7 Å². The molecule has 5 unspecified atom stereocenters. The molecule has 2 aromatic rings. The largest absolute Gasteiger partial charge is 0.459 e. The fraction of sp³-hybridized carbons (Fsp3) is 0.607. The normalized spacial score (nSPS) is 27.2. The first kappa shape index (κ1) is 26.6. The first-order chi connectivity index (χ1) is 18.3. The van der Waals surface area contributed by atoms with Gasteiger partial charge in [0.2, 0.25) is 11.8 Å². The van der Waals surface area contributed by atoms with Crippen molar-refractivity contribution in [3.05, 3.63) is 35.8 Å². The van der Waals surface area contributed by atoms with Crippen LogP contribution in [-0.4, -0.2) is 78.1 Å². The van der Waals surface area contributed by atoms with E-state index in [1.165, 1.54) is 19.1 Å². The van der Waals surface area contributed by atoms with Gasteiger partial charge >= 0.3 is 5.97 Å². The van der Waals surface area contributed by atoms with Crippen molar-refractivity contribution in [3.8, 4) is 0 Å². The van der Waals surface area contributed by atoms with E-state index in [1.807, 2.05) is 11.1 Å². The molecule has 3 fully saturated rings. The van der Waals surface area contributed by atoms with Gasteiger partial charge in [-0.2, -0.15) is 0 Å².